The number of nitrogens with one attached hydrogen (secondary N) is 1. The van der Waals surface area contributed by atoms with Crippen LogP contribution in [0.4, 0.5) is 19.4 Å². The number of rotatable bonds is 13. The zero-order valence-electron chi connectivity index (χ0n) is 28.9. The molecule has 2 N–H and O–H groups in total. The second-order valence-corrected chi connectivity index (χ2v) is 12.5. The van der Waals surface area contributed by atoms with Gasteiger partial charge in [0, 0.05) is 53.3 Å². The number of benzene rings is 2. The van der Waals surface area contributed by atoms with Crippen molar-refractivity contribution in [2.75, 3.05) is 25.5 Å². The fourth-order valence-electron chi connectivity index (χ4n) is 5.25. The Labute approximate surface area is 320 Å². The summed E-state index contributed by atoms with van der Waals surface area (Å²) in [7, 11) is 3.08. The predicted octanol–water partition coefficient (Wildman–Crippen LogP) is 2.01. The maximum absolute atomic E-state index is 15.3. The Hall–Kier alpha value is -5.05. The molecule has 0 aliphatic rings. The summed E-state index contributed by atoms with van der Waals surface area (Å²) in [5, 5.41) is 30.6. The minimum Gasteiger partial charge on any atom is -1.00 e. The van der Waals surface area contributed by atoms with Gasteiger partial charge in [-0.3, -0.25) is 9.69 Å². The lowest BCUT2D eigenvalue weighted by Crippen LogP contribution is -3.00. The molecule has 18 heteroatoms. The molecule has 5 rings (SSSR count). The van der Waals surface area contributed by atoms with Crippen molar-refractivity contribution in [1.82, 2.24) is 25.1 Å². The molecule has 3 atom stereocenters. The molecule has 280 valence electrons. The smallest absolute Gasteiger partial charge is 0.418 e. The third kappa shape index (κ3) is 9.89. The Morgan fingerprint density at radius 3 is 2.62 bits per heavy atom. The highest BCUT2D eigenvalue weighted by molar-refractivity contribution is 7.10. The average molecular weight is 790 g/mol. The van der Waals surface area contributed by atoms with Gasteiger partial charge in [-0.05, 0) is 43.4 Å². The highest BCUT2D eigenvalue weighted by atomic mass is 35.5. The second kappa shape index (κ2) is 18.6. The van der Waals surface area contributed by atoms with E-state index in [0.29, 0.717) is 21.8 Å². The molecule has 3 heterocycles. The van der Waals surface area contributed by atoms with Crippen molar-refractivity contribution in [1.29, 1.82) is 5.26 Å². The summed E-state index contributed by atoms with van der Waals surface area (Å²) in [6.07, 6.45) is 2.65. The summed E-state index contributed by atoms with van der Waals surface area (Å²) in [5.74, 6) is -2.64. The van der Waals surface area contributed by atoms with Crippen LogP contribution in [0.3, 0.4) is 0 Å². The molecule has 0 fully saturated rings. The number of amides is 1. The lowest BCUT2D eigenvalue weighted by molar-refractivity contribution is -0.753. The van der Waals surface area contributed by atoms with Gasteiger partial charge in [-0.2, -0.15) is 9.83 Å². The number of halogens is 4. The molecular weight excluding hydrogens is 753 g/mol. The first-order chi connectivity index (χ1) is 24.4. The van der Waals surface area contributed by atoms with E-state index in [-0.39, 0.29) is 55.9 Å². The molecule has 53 heavy (non-hydrogen) atoms. The fraction of sp³-hybridized carbons (Fsp3) is 0.286. The molecule has 0 saturated heterocycles. The monoisotopic (exact) mass is 788 g/mol. The van der Waals surface area contributed by atoms with Gasteiger partial charge >= 0.3 is 12.1 Å². The van der Waals surface area contributed by atoms with E-state index in [9.17, 15) is 19.1 Å². The lowest BCUT2D eigenvalue weighted by atomic mass is 9.82. The van der Waals surface area contributed by atoms with Crippen molar-refractivity contribution < 1.29 is 49.9 Å². The van der Waals surface area contributed by atoms with Crippen molar-refractivity contribution in [3.8, 4) is 17.3 Å². The van der Waals surface area contributed by atoms with Crippen LogP contribution in [0.15, 0.2) is 78.8 Å². The molecule has 0 bridgehead atoms. The van der Waals surface area contributed by atoms with Crippen LogP contribution in [0, 0.1) is 23.0 Å². The number of thiazole rings is 1. The summed E-state index contributed by atoms with van der Waals surface area (Å²) in [4.78, 5) is 35.1. The number of esters is 1. The second-order valence-electron chi connectivity index (χ2n) is 11.6. The molecule has 2 aromatic carbocycles. The van der Waals surface area contributed by atoms with E-state index in [1.165, 1.54) is 51.4 Å². The van der Waals surface area contributed by atoms with Gasteiger partial charge in [0.25, 0.3) is 6.33 Å². The van der Waals surface area contributed by atoms with Crippen LogP contribution in [0.25, 0.3) is 11.3 Å². The number of hydrogen-bond donors (Lipinski definition) is 2. The van der Waals surface area contributed by atoms with Gasteiger partial charge in [0.1, 0.15) is 36.2 Å². The molecular formula is C35H36Cl2F2N8O5S. The summed E-state index contributed by atoms with van der Waals surface area (Å²) in [6.45, 7) is 2.85. The Kier molecular flexibility index (Phi) is 14.9. The first-order valence-electron chi connectivity index (χ1n) is 15.7. The number of aromatic nitrogens is 5. The first-order valence-corrected chi connectivity index (χ1v) is 16.6. The van der Waals surface area contributed by atoms with E-state index in [1.807, 2.05) is 0 Å². The molecule has 2 unspecified atom stereocenters. The van der Waals surface area contributed by atoms with E-state index in [4.69, 9.17) is 19.7 Å². The number of ether oxygens (including phenoxy) is 2. The highest BCUT2D eigenvalue weighted by Gasteiger charge is 2.43. The Bertz CT molecular complexity index is 2060. The standard InChI is InChI=1S/C35H35F2N8O5S.2ClH/c1-22(33-42-30(18-51-33)25-9-7-24(15-38)8-10-25)35(48,28-14-27(36)11-12-29(28)37)19-45-21-44(20-41-45)23(2)50-34(47)43(4)32-26(6-5-13-40-32)17-49-31(46)16-39-3;;/h5-14,18,20-23,39,48H,16-17,19H2,1-4H3;2*1H/q+1;;/p-1/t22-,23?,35?;;/m1../s1. The number of hydrogen-bond acceptors (Lipinski definition) is 11. The van der Waals surface area contributed by atoms with E-state index in [2.05, 4.69) is 21.5 Å². The third-order valence-corrected chi connectivity index (χ3v) is 9.20. The Morgan fingerprint density at radius 1 is 1.19 bits per heavy atom. The molecule has 0 spiro atoms. The zero-order valence-corrected chi connectivity index (χ0v) is 31.3. The maximum Gasteiger partial charge on any atom is 0.418 e. The SMILES string of the molecule is CNCC(=O)OCc1cccnc1N(C)C(=O)OC(C)[n+]1cnn(CC(O)(c2cc(F)ccc2F)[C@H](C)c2nc(-c3ccc(C#N)cc3)cs2)c1.Cl.[Cl-]. The molecule has 0 aliphatic heterocycles. The van der Waals surface area contributed by atoms with Gasteiger partial charge in [0.05, 0.1) is 28.9 Å². The largest absolute Gasteiger partial charge is 1.00 e. The minimum absolute atomic E-state index is 0. The van der Waals surface area contributed by atoms with Gasteiger partial charge in [-0.15, -0.1) is 28.4 Å². The number of anilines is 1. The number of aliphatic hydroxyl groups is 1. The number of nitriles is 1. The van der Waals surface area contributed by atoms with Gasteiger partial charge in [-0.25, -0.2) is 23.5 Å². The van der Waals surface area contributed by atoms with Crippen LogP contribution in [0.2, 0.25) is 0 Å². The molecule has 13 nitrogen and oxygen atoms in total. The predicted molar refractivity (Wildman–Crippen MR) is 188 cm³/mol. The quantitative estimate of drug-likeness (QED) is 0.134. The van der Waals surface area contributed by atoms with Crippen molar-refractivity contribution in [3.63, 3.8) is 0 Å². The number of carbonyl (C=O) groups excluding carboxylic acids is 2. The van der Waals surface area contributed by atoms with E-state index in [0.717, 1.165) is 23.8 Å². The summed E-state index contributed by atoms with van der Waals surface area (Å²) in [6, 6.07) is 15.1. The van der Waals surface area contributed by atoms with Gasteiger partial charge in [-0.1, -0.05) is 25.1 Å². The van der Waals surface area contributed by atoms with Crippen LogP contribution in [0.1, 0.15) is 47.7 Å². The number of nitrogens with zero attached hydrogens (tertiary/aromatic N) is 7. The molecule has 0 radical (unpaired) electrons. The fourth-order valence-corrected chi connectivity index (χ4v) is 6.22. The van der Waals surface area contributed by atoms with Crippen LogP contribution < -0.4 is 27.2 Å². The maximum atomic E-state index is 15.3. The molecule has 1 amide bonds. The topological polar surface area (TPSA) is 159 Å². The molecule has 0 saturated carbocycles. The van der Waals surface area contributed by atoms with Crippen molar-refractivity contribution in [3.05, 3.63) is 112 Å². The van der Waals surface area contributed by atoms with E-state index in [1.54, 1.807) is 62.7 Å². The zero-order chi connectivity index (χ0) is 36.7. The first kappa shape index (κ1) is 42.4. The van der Waals surface area contributed by atoms with Crippen LogP contribution in [-0.2, 0) is 33.0 Å². The number of likely N-dealkylation sites (N-methyl/N-ethyl adjacent to an activating group) is 1. The number of pyridine rings is 1. The van der Waals surface area contributed by atoms with E-state index >= 15 is 4.39 Å². The molecule has 5 aromatic rings. The summed E-state index contributed by atoms with van der Waals surface area (Å²) < 4.78 is 43.5. The summed E-state index contributed by atoms with van der Waals surface area (Å²) >= 11 is 1.25. The third-order valence-electron chi connectivity index (χ3n) is 8.18. The van der Waals surface area contributed by atoms with Crippen LogP contribution >= 0.6 is 23.7 Å². The van der Waals surface area contributed by atoms with Gasteiger partial charge in [0.2, 0.25) is 12.6 Å². The van der Waals surface area contributed by atoms with Crippen molar-refractivity contribution in [2.24, 2.45) is 0 Å². The number of carbonyl (C=O) groups is 2. The summed E-state index contributed by atoms with van der Waals surface area (Å²) in [5.41, 5.74) is 0.000750. The van der Waals surface area contributed by atoms with Gasteiger partial charge in [0.15, 0.2) is 0 Å². The normalized spacial score (nSPS) is 12.9. The highest BCUT2D eigenvalue weighted by Crippen LogP contribution is 2.41. The molecule has 0 aliphatic carbocycles. The van der Waals surface area contributed by atoms with E-state index < -0.39 is 41.4 Å². The minimum atomic E-state index is -2.04. The Balaban J connectivity index is 0.00000378. The van der Waals surface area contributed by atoms with Crippen LogP contribution in [0.5, 0.6) is 0 Å². The van der Waals surface area contributed by atoms with Gasteiger partial charge < -0.3 is 32.3 Å². The Morgan fingerprint density at radius 2 is 1.92 bits per heavy atom. The average Bonchev–Trinajstić information content (AvgIpc) is 3.82. The van der Waals surface area contributed by atoms with Crippen LogP contribution in [-0.4, -0.2) is 57.6 Å². The lowest BCUT2D eigenvalue weighted by Gasteiger charge is -2.32. The van der Waals surface area contributed by atoms with Crippen molar-refractivity contribution in [2.45, 2.75) is 44.7 Å². The molecule has 3 aromatic heterocycles. The van der Waals surface area contributed by atoms with Crippen molar-refractivity contribution >= 4 is 41.6 Å².